The number of aliphatic carboxylic acids is 1. The molecule has 23 heavy (non-hydrogen) atoms. The minimum Gasteiger partial charge on any atom is -0.480 e. The molecule has 1 unspecified atom stereocenters. The summed E-state index contributed by atoms with van der Waals surface area (Å²) < 4.78 is 0. The predicted octanol–water partition coefficient (Wildman–Crippen LogP) is -0.990. The van der Waals surface area contributed by atoms with E-state index in [4.69, 9.17) is 16.7 Å². The lowest BCUT2D eigenvalue weighted by molar-refractivity contribution is -0.138. The number of hydrogen-bond donors (Lipinski definition) is 6. The van der Waals surface area contributed by atoms with E-state index in [9.17, 15) is 14.4 Å². The van der Waals surface area contributed by atoms with Crippen molar-refractivity contribution in [2.75, 3.05) is 18.5 Å². The zero-order chi connectivity index (χ0) is 17.2. The number of nitrogens with two attached hydrogens (primary N) is 2. The Hall–Kier alpha value is -2.65. The highest BCUT2D eigenvalue weighted by Crippen LogP contribution is 2.08. The van der Waals surface area contributed by atoms with Gasteiger partial charge in [0.25, 0.3) is 5.91 Å². The molecule has 0 aliphatic heterocycles. The number of benzene rings is 1. The van der Waals surface area contributed by atoms with Crippen LogP contribution in [0.15, 0.2) is 24.3 Å². The Morgan fingerprint density at radius 1 is 1.17 bits per heavy atom. The van der Waals surface area contributed by atoms with Gasteiger partial charge in [0, 0.05) is 30.8 Å². The van der Waals surface area contributed by atoms with Crippen molar-refractivity contribution in [3.8, 4) is 0 Å². The van der Waals surface area contributed by atoms with Gasteiger partial charge in [0.1, 0.15) is 6.04 Å². The van der Waals surface area contributed by atoms with Gasteiger partial charge in [-0.3, -0.25) is 20.2 Å². The van der Waals surface area contributed by atoms with Crippen LogP contribution in [0.3, 0.4) is 0 Å². The second-order valence-electron chi connectivity index (χ2n) is 4.81. The summed E-state index contributed by atoms with van der Waals surface area (Å²) in [5.41, 5.74) is 8.80. The Kier molecular flexibility index (Phi) is 7.51. The third kappa shape index (κ3) is 6.76. The van der Waals surface area contributed by atoms with Crippen molar-refractivity contribution in [1.29, 1.82) is 0 Å². The molecule has 1 rings (SSSR count). The third-order valence-corrected chi connectivity index (χ3v) is 3.02. The number of anilines is 1. The second-order valence-corrected chi connectivity index (χ2v) is 4.81. The van der Waals surface area contributed by atoms with Crippen LogP contribution in [0.5, 0.6) is 0 Å². The number of carboxylic acid groups (broad SMARTS) is 1. The molecule has 0 spiro atoms. The number of hydrazine groups is 1. The van der Waals surface area contributed by atoms with Gasteiger partial charge < -0.3 is 26.9 Å². The maximum Gasteiger partial charge on any atom is 0.320 e. The molecule has 1 atom stereocenters. The molecule has 8 N–H and O–H groups in total. The van der Waals surface area contributed by atoms with Gasteiger partial charge in [-0.15, -0.1) is 0 Å². The van der Waals surface area contributed by atoms with Crippen molar-refractivity contribution in [3.05, 3.63) is 29.8 Å². The zero-order valence-corrected chi connectivity index (χ0v) is 12.5. The standard InChI is InChI=1S/C14H21N5O4/c15-11(14(22)23)4-5-12(20)17-6-7-18-13(21)9-2-1-3-10(8-9)19-16/h1-3,8,11,19H,4-7,15-16H2,(H,17,20)(H,18,21)(H,22,23). The van der Waals surface area contributed by atoms with E-state index < -0.39 is 12.0 Å². The van der Waals surface area contributed by atoms with Crippen molar-refractivity contribution in [3.63, 3.8) is 0 Å². The number of amides is 2. The first-order chi connectivity index (χ1) is 10.9. The minimum absolute atomic E-state index is 0.0195. The molecule has 0 bridgehead atoms. The summed E-state index contributed by atoms with van der Waals surface area (Å²) in [6.07, 6.45) is 0.0814. The zero-order valence-electron chi connectivity index (χ0n) is 12.5. The third-order valence-electron chi connectivity index (χ3n) is 3.02. The average Bonchev–Trinajstić information content (AvgIpc) is 2.56. The monoisotopic (exact) mass is 323 g/mol. The fourth-order valence-electron chi connectivity index (χ4n) is 1.73. The number of hydrogen-bond acceptors (Lipinski definition) is 6. The minimum atomic E-state index is -1.14. The van der Waals surface area contributed by atoms with E-state index in [2.05, 4.69) is 16.1 Å². The molecule has 0 saturated heterocycles. The average molecular weight is 323 g/mol. The van der Waals surface area contributed by atoms with Crippen LogP contribution in [0.2, 0.25) is 0 Å². The normalized spacial score (nSPS) is 11.4. The quantitative estimate of drug-likeness (QED) is 0.193. The van der Waals surface area contributed by atoms with E-state index in [1.165, 1.54) is 0 Å². The maximum atomic E-state index is 11.9. The largest absolute Gasteiger partial charge is 0.480 e. The maximum absolute atomic E-state index is 11.9. The van der Waals surface area contributed by atoms with Crippen molar-refractivity contribution < 1.29 is 19.5 Å². The highest BCUT2D eigenvalue weighted by atomic mass is 16.4. The highest BCUT2D eigenvalue weighted by Gasteiger charge is 2.13. The van der Waals surface area contributed by atoms with Crippen LogP contribution < -0.4 is 27.6 Å². The summed E-state index contributed by atoms with van der Waals surface area (Å²) >= 11 is 0. The Morgan fingerprint density at radius 3 is 2.52 bits per heavy atom. The van der Waals surface area contributed by atoms with E-state index in [0.29, 0.717) is 11.3 Å². The lowest BCUT2D eigenvalue weighted by atomic mass is 10.1. The molecule has 2 amide bonds. The van der Waals surface area contributed by atoms with E-state index in [-0.39, 0.29) is 37.7 Å². The summed E-state index contributed by atoms with van der Waals surface area (Å²) in [5, 5.41) is 13.8. The molecule has 0 fully saturated rings. The lowest BCUT2D eigenvalue weighted by Gasteiger charge is -2.09. The topological polar surface area (TPSA) is 160 Å². The van der Waals surface area contributed by atoms with Crippen LogP contribution in [0.25, 0.3) is 0 Å². The van der Waals surface area contributed by atoms with E-state index in [0.717, 1.165) is 0 Å². The van der Waals surface area contributed by atoms with Gasteiger partial charge >= 0.3 is 5.97 Å². The molecule has 0 aliphatic rings. The van der Waals surface area contributed by atoms with Crippen LogP contribution in [-0.2, 0) is 9.59 Å². The number of rotatable bonds is 9. The molecular formula is C14H21N5O4. The summed E-state index contributed by atoms with van der Waals surface area (Å²) in [4.78, 5) is 33.9. The summed E-state index contributed by atoms with van der Waals surface area (Å²) in [6.45, 7) is 0.484. The predicted molar refractivity (Wildman–Crippen MR) is 84.4 cm³/mol. The number of nitrogen functional groups attached to an aromatic ring is 1. The van der Waals surface area contributed by atoms with Crippen molar-refractivity contribution in [2.24, 2.45) is 11.6 Å². The number of carbonyl (C=O) groups is 3. The fourth-order valence-corrected chi connectivity index (χ4v) is 1.73. The molecule has 0 aromatic heterocycles. The molecule has 0 radical (unpaired) electrons. The van der Waals surface area contributed by atoms with Gasteiger partial charge in [0.05, 0.1) is 0 Å². The van der Waals surface area contributed by atoms with E-state index >= 15 is 0 Å². The van der Waals surface area contributed by atoms with Gasteiger partial charge in [0.15, 0.2) is 0 Å². The number of carbonyl (C=O) groups excluding carboxylic acids is 2. The second kappa shape index (κ2) is 9.38. The Balaban J connectivity index is 2.24. The SMILES string of the molecule is NNc1cccc(C(=O)NCCNC(=O)CCC(N)C(=O)O)c1. The van der Waals surface area contributed by atoms with Gasteiger partial charge in [-0.25, -0.2) is 0 Å². The molecular weight excluding hydrogens is 302 g/mol. The van der Waals surface area contributed by atoms with Gasteiger partial charge in [0.2, 0.25) is 5.91 Å². The van der Waals surface area contributed by atoms with Gasteiger partial charge in [-0.2, -0.15) is 0 Å². The van der Waals surface area contributed by atoms with Crippen LogP contribution in [0.1, 0.15) is 23.2 Å². The molecule has 1 aromatic carbocycles. The smallest absolute Gasteiger partial charge is 0.320 e. The van der Waals surface area contributed by atoms with Gasteiger partial charge in [-0.1, -0.05) is 6.07 Å². The first kappa shape index (κ1) is 18.4. The molecule has 0 heterocycles. The fraction of sp³-hybridized carbons (Fsp3) is 0.357. The first-order valence-electron chi connectivity index (χ1n) is 7.04. The van der Waals surface area contributed by atoms with Crippen LogP contribution >= 0.6 is 0 Å². The highest BCUT2D eigenvalue weighted by molar-refractivity contribution is 5.95. The van der Waals surface area contributed by atoms with E-state index in [1.807, 2.05) is 0 Å². The van der Waals surface area contributed by atoms with Gasteiger partial charge in [-0.05, 0) is 24.6 Å². The Bertz CT molecular complexity index is 564. The summed E-state index contributed by atoms with van der Waals surface area (Å²) in [7, 11) is 0. The molecule has 1 aromatic rings. The molecule has 9 nitrogen and oxygen atoms in total. The summed E-state index contributed by atoms with van der Waals surface area (Å²) in [5.74, 6) is 3.53. The van der Waals surface area contributed by atoms with Crippen molar-refractivity contribution in [1.82, 2.24) is 10.6 Å². The first-order valence-corrected chi connectivity index (χ1v) is 7.04. The summed E-state index contributed by atoms with van der Waals surface area (Å²) in [6, 6.07) is 5.60. The van der Waals surface area contributed by atoms with E-state index in [1.54, 1.807) is 24.3 Å². The molecule has 0 saturated carbocycles. The van der Waals surface area contributed by atoms with Crippen LogP contribution in [-0.4, -0.2) is 42.0 Å². The molecule has 0 aliphatic carbocycles. The molecule has 9 heteroatoms. The number of carboxylic acids is 1. The molecule has 126 valence electrons. The number of nitrogens with one attached hydrogen (secondary N) is 3. The Morgan fingerprint density at radius 2 is 1.87 bits per heavy atom. The van der Waals surface area contributed by atoms with Crippen molar-refractivity contribution in [2.45, 2.75) is 18.9 Å². The Labute approximate surface area is 133 Å². The van der Waals surface area contributed by atoms with Crippen molar-refractivity contribution >= 4 is 23.5 Å². The lowest BCUT2D eigenvalue weighted by Crippen LogP contribution is -2.36. The van der Waals surface area contributed by atoms with Crippen LogP contribution in [0.4, 0.5) is 5.69 Å². The van der Waals surface area contributed by atoms with Crippen LogP contribution in [0, 0.1) is 0 Å².